The molecule has 0 aromatic heterocycles. The molecule has 38 heavy (non-hydrogen) atoms. The Kier molecular flexibility index (Phi) is 7.79. The number of carbonyl (C=O) groups excluding carboxylic acids is 1. The minimum Gasteiger partial charge on any atom is -0.479 e. The molecule has 5 N–H and O–H groups in total. The largest absolute Gasteiger partial charge is 0.479 e. The summed E-state index contributed by atoms with van der Waals surface area (Å²) >= 11 is 0. The van der Waals surface area contributed by atoms with Gasteiger partial charge in [-0.1, -0.05) is 91.0 Å². The van der Waals surface area contributed by atoms with Crippen LogP contribution in [0.5, 0.6) is 0 Å². The van der Waals surface area contributed by atoms with E-state index >= 15 is 0 Å². The molecule has 5 rings (SSSR count). The number of nitrogens with one attached hydrogen (secondary N) is 3. The highest BCUT2D eigenvalue weighted by Crippen LogP contribution is 2.26. The predicted octanol–water partition coefficient (Wildman–Crippen LogP) is 3.98. The molecule has 0 saturated carbocycles. The normalized spacial score (nSPS) is 18.7. The number of benzene rings is 4. The maximum atomic E-state index is 13.2. The number of carboxylic acids is 1. The summed E-state index contributed by atoms with van der Waals surface area (Å²) in [6.07, 6.45) is -0.705. The van der Waals surface area contributed by atoms with Crippen LogP contribution >= 0.6 is 0 Å². The lowest BCUT2D eigenvalue weighted by Gasteiger charge is -2.22. The highest BCUT2D eigenvalue weighted by atomic mass is 16.4. The number of rotatable bonds is 9. The highest BCUT2D eigenvalue weighted by Gasteiger charge is 2.32. The molecule has 1 fully saturated rings. The zero-order valence-corrected chi connectivity index (χ0v) is 20.9. The van der Waals surface area contributed by atoms with Gasteiger partial charge in [0.05, 0.1) is 0 Å². The summed E-state index contributed by atoms with van der Waals surface area (Å²) in [5.41, 5.74) is 10.5. The van der Waals surface area contributed by atoms with Crippen molar-refractivity contribution in [1.29, 1.82) is 0 Å². The Bertz CT molecular complexity index is 1410. The van der Waals surface area contributed by atoms with E-state index in [-0.39, 0.29) is 18.4 Å². The van der Waals surface area contributed by atoms with Crippen LogP contribution < -0.4 is 16.2 Å². The Morgan fingerprint density at radius 1 is 0.842 bits per heavy atom. The second-order valence-corrected chi connectivity index (χ2v) is 9.80. The summed E-state index contributed by atoms with van der Waals surface area (Å²) in [6.45, 7) is 0. The van der Waals surface area contributed by atoms with Crippen molar-refractivity contribution < 1.29 is 19.8 Å². The molecule has 1 saturated heterocycles. The van der Waals surface area contributed by atoms with Gasteiger partial charge in [-0.25, -0.2) is 15.6 Å². The molecule has 1 amide bonds. The van der Waals surface area contributed by atoms with Gasteiger partial charge in [-0.2, -0.15) is 0 Å². The molecule has 0 spiro atoms. The van der Waals surface area contributed by atoms with Gasteiger partial charge >= 0.3 is 5.97 Å². The Morgan fingerprint density at radius 2 is 1.53 bits per heavy atom. The molecule has 4 atom stereocenters. The molecule has 194 valence electrons. The number of aliphatic hydroxyl groups excluding tert-OH is 1. The van der Waals surface area contributed by atoms with E-state index in [4.69, 9.17) is 0 Å². The lowest BCUT2D eigenvalue weighted by atomic mass is 9.96. The molecule has 0 bridgehead atoms. The summed E-state index contributed by atoms with van der Waals surface area (Å²) in [5, 5.41) is 24.6. The quantitative estimate of drug-likeness (QED) is 0.234. The van der Waals surface area contributed by atoms with Crippen LogP contribution in [-0.2, 0) is 16.0 Å². The SMILES string of the molecule is O=C(NC(Cc1ccc(-c2ccccc2)cc1)C[C@@H](O)C(=O)O)C1CC(c2ccc3ccccc3c2)NN1. The molecule has 4 aromatic rings. The molecule has 0 aliphatic carbocycles. The van der Waals surface area contributed by atoms with Crippen LogP contribution in [0.4, 0.5) is 0 Å². The van der Waals surface area contributed by atoms with Gasteiger partial charge in [-0.15, -0.1) is 0 Å². The first-order valence-electron chi connectivity index (χ1n) is 12.8. The van der Waals surface area contributed by atoms with Gasteiger partial charge in [-0.3, -0.25) is 4.79 Å². The fourth-order valence-electron chi connectivity index (χ4n) is 4.99. The van der Waals surface area contributed by atoms with Crippen LogP contribution in [0, 0.1) is 0 Å². The Labute approximate surface area is 221 Å². The summed E-state index contributed by atoms with van der Waals surface area (Å²) < 4.78 is 0. The van der Waals surface area contributed by atoms with Gasteiger partial charge in [0.15, 0.2) is 6.10 Å². The fraction of sp³-hybridized carbons (Fsp3) is 0.226. The van der Waals surface area contributed by atoms with Gasteiger partial charge in [-0.05, 0) is 51.9 Å². The van der Waals surface area contributed by atoms with E-state index in [0.29, 0.717) is 12.8 Å². The average Bonchev–Trinajstić information content (AvgIpc) is 3.44. The second-order valence-electron chi connectivity index (χ2n) is 9.80. The average molecular weight is 510 g/mol. The van der Waals surface area contributed by atoms with Crippen LogP contribution in [0.15, 0.2) is 97.1 Å². The van der Waals surface area contributed by atoms with Crippen LogP contribution in [-0.4, -0.2) is 40.3 Å². The molecule has 4 aromatic carbocycles. The first-order chi connectivity index (χ1) is 18.5. The molecule has 1 heterocycles. The van der Waals surface area contributed by atoms with Crippen LogP contribution in [0.25, 0.3) is 21.9 Å². The fourth-order valence-corrected chi connectivity index (χ4v) is 4.99. The van der Waals surface area contributed by atoms with Crippen molar-refractivity contribution in [2.75, 3.05) is 0 Å². The molecular formula is C31H31N3O4. The van der Waals surface area contributed by atoms with Gasteiger partial charge in [0, 0.05) is 18.5 Å². The molecule has 3 unspecified atom stereocenters. The van der Waals surface area contributed by atoms with Gasteiger partial charge in [0.2, 0.25) is 5.91 Å². The maximum absolute atomic E-state index is 13.2. The van der Waals surface area contributed by atoms with Crippen LogP contribution in [0.1, 0.15) is 30.0 Å². The van der Waals surface area contributed by atoms with E-state index in [1.165, 1.54) is 0 Å². The number of amides is 1. The minimum atomic E-state index is -1.57. The Hall–Kier alpha value is -4.04. The number of carbonyl (C=O) groups is 2. The first-order valence-corrected chi connectivity index (χ1v) is 12.8. The third-order valence-corrected chi connectivity index (χ3v) is 7.08. The first kappa shape index (κ1) is 25.6. The highest BCUT2D eigenvalue weighted by molar-refractivity contribution is 5.84. The number of aliphatic carboxylic acids is 1. The second kappa shape index (κ2) is 11.6. The van der Waals surface area contributed by atoms with E-state index < -0.39 is 24.2 Å². The third-order valence-electron chi connectivity index (χ3n) is 7.08. The van der Waals surface area contributed by atoms with Crippen molar-refractivity contribution in [3.8, 4) is 11.1 Å². The van der Waals surface area contributed by atoms with E-state index in [1.807, 2.05) is 66.7 Å². The number of hydrogen-bond donors (Lipinski definition) is 5. The monoisotopic (exact) mass is 509 g/mol. The smallest absolute Gasteiger partial charge is 0.332 e. The van der Waals surface area contributed by atoms with Crippen molar-refractivity contribution in [2.24, 2.45) is 0 Å². The van der Waals surface area contributed by atoms with Crippen molar-refractivity contribution in [3.05, 3.63) is 108 Å². The zero-order valence-electron chi connectivity index (χ0n) is 20.9. The summed E-state index contributed by atoms with van der Waals surface area (Å²) in [6, 6.07) is 31.3. The van der Waals surface area contributed by atoms with Crippen LogP contribution in [0.3, 0.4) is 0 Å². The van der Waals surface area contributed by atoms with E-state index in [0.717, 1.165) is 33.0 Å². The number of aliphatic hydroxyl groups is 1. The van der Waals surface area contributed by atoms with Crippen molar-refractivity contribution in [1.82, 2.24) is 16.2 Å². The molecular weight excluding hydrogens is 478 g/mol. The summed E-state index contributed by atoms with van der Waals surface area (Å²) in [7, 11) is 0. The van der Waals surface area contributed by atoms with E-state index in [2.05, 4.69) is 46.5 Å². The molecule has 0 radical (unpaired) electrons. The number of fused-ring (bicyclic) bond motifs is 1. The van der Waals surface area contributed by atoms with E-state index in [1.54, 1.807) is 0 Å². The number of hydrogen-bond acceptors (Lipinski definition) is 5. The summed E-state index contributed by atoms with van der Waals surface area (Å²) in [4.78, 5) is 24.5. The predicted molar refractivity (Wildman–Crippen MR) is 147 cm³/mol. The number of hydrazine groups is 1. The van der Waals surface area contributed by atoms with Crippen molar-refractivity contribution >= 4 is 22.6 Å². The maximum Gasteiger partial charge on any atom is 0.332 e. The van der Waals surface area contributed by atoms with Crippen molar-refractivity contribution in [2.45, 2.75) is 43.5 Å². The lowest BCUT2D eigenvalue weighted by molar-refractivity contribution is -0.147. The van der Waals surface area contributed by atoms with Gasteiger partial charge < -0.3 is 15.5 Å². The zero-order chi connectivity index (χ0) is 26.5. The molecule has 1 aliphatic rings. The van der Waals surface area contributed by atoms with Gasteiger partial charge in [0.25, 0.3) is 0 Å². The summed E-state index contributed by atoms with van der Waals surface area (Å²) in [5.74, 6) is -1.54. The minimum absolute atomic E-state index is 0.0380. The Morgan fingerprint density at radius 3 is 2.26 bits per heavy atom. The topological polar surface area (TPSA) is 111 Å². The van der Waals surface area contributed by atoms with Crippen molar-refractivity contribution in [3.63, 3.8) is 0 Å². The standard InChI is InChI=1S/C31H31N3O4/c35-29(31(37)38)18-26(16-20-10-12-23(13-11-20)21-6-2-1-3-7-21)32-30(36)28-19-27(33-34-28)25-15-14-22-8-4-5-9-24(22)17-25/h1-15,17,26-29,33-35H,16,18-19H2,(H,32,36)(H,37,38)/t26?,27?,28?,29-/m1/s1. The lowest BCUT2D eigenvalue weighted by Crippen LogP contribution is -2.48. The number of carboxylic acid groups (broad SMARTS) is 1. The van der Waals surface area contributed by atoms with Gasteiger partial charge in [0.1, 0.15) is 6.04 Å². The Balaban J connectivity index is 1.25. The van der Waals surface area contributed by atoms with E-state index in [9.17, 15) is 19.8 Å². The van der Waals surface area contributed by atoms with Crippen LogP contribution in [0.2, 0.25) is 0 Å². The third kappa shape index (κ3) is 6.08. The molecule has 7 nitrogen and oxygen atoms in total. The molecule has 1 aliphatic heterocycles. The molecule has 7 heteroatoms.